The first-order chi connectivity index (χ1) is 10.2. The SMILES string of the molecule is CC(CCc1ccc2c(c1)OCO2)NCc1csc(=O)[nH]1. The summed E-state index contributed by atoms with van der Waals surface area (Å²) in [6.45, 7) is 3.16. The van der Waals surface area contributed by atoms with E-state index in [1.807, 2.05) is 17.5 Å². The van der Waals surface area contributed by atoms with Crippen molar-refractivity contribution in [3.63, 3.8) is 0 Å². The predicted molar refractivity (Wildman–Crippen MR) is 82.1 cm³/mol. The van der Waals surface area contributed by atoms with Crippen molar-refractivity contribution in [2.24, 2.45) is 0 Å². The first-order valence-corrected chi connectivity index (χ1v) is 7.87. The molecule has 0 saturated heterocycles. The summed E-state index contributed by atoms with van der Waals surface area (Å²) in [5.41, 5.74) is 2.19. The lowest BCUT2D eigenvalue weighted by molar-refractivity contribution is 0.174. The molecule has 0 fully saturated rings. The minimum atomic E-state index is -0.000173. The van der Waals surface area contributed by atoms with E-state index < -0.39 is 0 Å². The number of hydrogen-bond donors (Lipinski definition) is 2. The molecule has 0 amide bonds. The van der Waals surface area contributed by atoms with Gasteiger partial charge in [0.15, 0.2) is 11.5 Å². The Morgan fingerprint density at radius 3 is 3.05 bits per heavy atom. The van der Waals surface area contributed by atoms with E-state index in [4.69, 9.17) is 9.47 Å². The maximum atomic E-state index is 11.1. The second-order valence-corrected chi connectivity index (χ2v) is 6.02. The van der Waals surface area contributed by atoms with Crippen molar-refractivity contribution in [3.8, 4) is 11.5 Å². The van der Waals surface area contributed by atoms with Crippen LogP contribution in [0, 0.1) is 0 Å². The topological polar surface area (TPSA) is 63.4 Å². The van der Waals surface area contributed by atoms with E-state index in [9.17, 15) is 4.79 Å². The molecule has 1 aromatic heterocycles. The Labute approximate surface area is 126 Å². The van der Waals surface area contributed by atoms with Crippen LogP contribution in [-0.2, 0) is 13.0 Å². The Bertz CT molecular complexity index is 665. The van der Waals surface area contributed by atoms with Gasteiger partial charge in [-0.1, -0.05) is 17.4 Å². The number of nitrogens with one attached hydrogen (secondary N) is 2. The number of fused-ring (bicyclic) bond motifs is 1. The van der Waals surface area contributed by atoms with E-state index in [-0.39, 0.29) is 4.87 Å². The highest BCUT2D eigenvalue weighted by Gasteiger charge is 2.13. The molecule has 0 aliphatic carbocycles. The van der Waals surface area contributed by atoms with Crippen LogP contribution in [-0.4, -0.2) is 17.8 Å². The van der Waals surface area contributed by atoms with Gasteiger partial charge < -0.3 is 19.8 Å². The fourth-order valence-electron chi connectivity index (χ4n) is 2.27. The normalized spacial score (nSPS) is 14.3. The Kier molecular flexibility index (Phi) is 4.26. The lowest BCUT2D eigenvalue weighted by Crippen LogP contribution is -2.26. The van der Waals surface area contributed by atoms with Gasteiger partial charge in [-0.3, -0.25) is 4.79 Å². The molecule has 5 nitrogen and oxygen atoms in total. The van der Waals surface area contributed by atoms with E-state index in [0.29, 0.717) is 19.4 Å². The van der Waals surface area contributed by atoms with Gasteiger partial charge in [-0.25, -0.2) is 0 Å². The van der Waals surface area contributed by atoms with Crippen molar-refractivity contribution in [1.29, 1.82) is 0 Å². The number of thiazole rings is 1. The van der Waals surface area contributed by atoms with Gasteiger partial charge in [0.1, 0.15) is 0 Å². The first-order valence-electron chi connectivity index (χ1n) is 6.99. The van der Waals surface area contributed by atoms with Crippen LogP contribution >= 0.6 is 11.3 Å². The number of rotatable bonds is 6. The molecule has 1 aromatic carbocycles. The van der Waals surface area contributed by atoms with Crippen molar-refractivity contribution in [2.45, 2.75) is 32.4 Å². The summed E-state index contributed by atoms with van der Waals surface area (Å²) >= 11 is 1.20. The number of hydrogen-bond acceptors (Lipinski definition) is 5. The van der Waals surface area contributed by atoms with E-state index in [2.05, 4.69) is 23.3 Å². The molecule has 2 N–H and O–H groups in total. The minimum absolute atomic E-state index is 0.000173. The Hall–Kier alpha value is -1.79. The summed E-state index contributed by atoms with van der Waals surface area (Å²) in [5, 5.41) is 5.28. The van der Waals surface area contributed by atoms with Crippen molar-refractivity contribution in [3.05, 3.63) is 44.5 Å². The van der Waals surface area contributed by atoms with E-state index in [0.717, 1.165) is 30.0 Å². The summed E-state index contributed by atoms with van der Waals surface area (Å²) in [6.07, 6.45) is 2.00. The smallest absolute Gasteiger partial charge is 0.304 e. The highest BCUT2D eigenvalue weighted by atomic mass is 32.1. The maximum absolute atomic E-state index is 11.1. The van der Waals surface area contributed by atoms with Crippen LogP contribution < -0.4 is 19.7 Å². The van der Waals surface area contributed by atoms with Crippen LogP contribution in [0.5, 0.6) is 11.5 Å². The zero-order valence-electron chi connectivity index (χ0n) is 11.8. The van der Waals surface area contributed by atoms with Crippen molar-refractivity contribution < 1.29 is 9.47 Å². The van der Waals surface area contributed by atoms with E-state index in [1.165, 1.54) is 16.9 Å². The maximum Gasteiger partial charge on any atom is 0.304 e. The van der Waals surface area contributed by atoms with E-state index >= 15 is 0 Å². The lowest BCUT2D eigenvalue weighted by Gasteiger charge is -2.13. The largest absolute Gasteiger partial charge is 0.454 e. The second kappa shape index (κ2) is 6.32. The van der Waals surface area contributed by atoms with Gasteiger partial charge in [0, 0.05) is 23.7 Å². The number of aromatic amines is 1. The van der Waals surface area contributed by atoms with Gasteiger partial charge in [-0.2, -0.15) is 0 Å². The Balaban J connectivity index is 1.47. The zero-order chi connectivity index (χ0) is 14.7. The molecule has 1 aliphatic rings. The molecular formula is C15H18N2O3S. The van der Waals surface area contributed by atoms with Crippen LogP contribution in [0.1, 0.15) is 24.6 Å². The highest BCUT2D eigenvalue weighted by Crippen LogP contribution is 2.32. The molecule has 0 radical (unpaired) electrons. The molecule has 112 valence electrons. The Morgan fingerprint density at radius 1 is 1.38 bits per heavy atom. The standard InChI is InChI=1S/C15H18N2O3S/c1-10(16-7-12-8-21-15(18)17-12)2-3-11-4-5-13-14(6-11)20-9-19-13/h4-6,8,10,16H,2-3,7,9H2,1H3,(H,17,18). The minimum Gasteiger partial charge on any atom is -0.454 e. The molecule has 21 heavy (non-hydrogen) atoms. The van der Waals surface area contributed by atoms with Crippen LogP contribution in [0.15, 0.2) is 28.4 Å². The van der Waals surface area contributed by atoms with Crippen molar-refractivity contribution in [2.75, 3.05) is 6.79 Å². The first kappa shape index (κ1) is 14.2. The third-order valence-corrected chi connectivity index (χ3v) is 4.23. The molecule has 1 atom stereocenters. The monoisotopic (exact) mass is 306 g/mol. The fourth-order valence-corrected chi connectivity index (χ4v) is 2.85. The van der Waals surface area contributed by atoms with Gasteiger partial charge in [-0.15, -0.1) is 0 Å². The molecule has 3 rings (SSSR count). The number of benzene rings is 1. The van der Waals surface area contributed by atoms with Crippen LogP contribution in [0.3, 0.4) is 0 Å². The number of ether oxygens (including phenoxy) is 2. The van der Waals surface area contributed by atoms with E-state index in [1.54, 1.807) is 0 Å². The molecular weight excluding hydrogens is 288 g/mol. The Morgan fingerprint density at radius 2 is 2.24 bits per heavy atom. The van der Waals surface area contributed by atoms with Gasteiger partial charge in [0.25, 0.3) is 0 Å². The summed E-state index contributed by atoms with van der Waals surface area (Å²) in [7, 11) is 0. The summed E-state index contributed by atoms with van der Waals surface area (Å²) in [6, 6.07) is 6.47. The number of H-pyrrole nitrogens is 1. The van der Waals surface area contributed by atoms with Crippen LogP contribution in [0.2, 0.25) is 0 Å². The molecule has 0 saturated carbocycles. The fraction of sp³-hybridized carbons (Fsp3) is 0.400. The van der Waals surface area contributed by atoms with Crippen LogP contribution in [0.4, 0.5) is 0 Å². The highest BCUT2D eigenvalue weighted by molar-refractivity contribution is 7.07. The molecule has 2 heterocycles. The average Bonchev–Trinajstić information content (AvgIpc) is 3.10. The van der Waals surface area contributed by atoms with Gasteiger partial charge in [-0.05, 0) is 37.5 Å². The predicted octanol–water partition coefficient (Wildman–Crippen LogP) is 2.28. The molecule has 0 bridgehead atoms. The average molecular weight is 306 g/mol. The number of aromatic nitrogens is 1. The second-order valence-electron chi connectivity index (χ2n) is 5.18. The summed E-state index contributed by atoms with van der Waals surface area (Å²) in [5.74, 6) is 1.66. The van der Waals surface area contributed by atoms with Crippen molar-refractivity contribution >= 4 is 11.3 Å². The molecule has 0 spiro atoms. The number of aryl methyl sites for hydroxylation is 1. The molecule has 6 heteroatoms. The summed E-state index contributed by atoms with van der Waals surface area (Å²) < 4.78 is 10.7. The molecule has 1 aliphatic heterocycles. The molecule has 2 aromatic rings. The molecule has 1 unspecified atom stereocenters. The van der Waals surface area contributed by atoms with Gasteiger partial charge in [0.2, 0.25) is 6.79 Å². The van der Waals surface area contributed by atoms with Crippen LogP contribution in [0.25, 0.3) is 0 Å². The van der Waals surface area contributed by atoms with Gasteiger partial charge >= 0.3 is 4.87 Å². The quantitative estimate of drug-likeness (QED) is 0.859. The third-order valence-electron chi connectivity index (χ3n) is 3.51. The lowest BCUT2D eigenvalue weighted by atomic mass is 10.1. The van der Waals surface area contributed by atoms with Gasteiger partial charge in [0.05, 0.1) is 0 Å². The summed E-state index contributed by atoms with van der Waals surface area (Å²) in [4.78, 5) is 13.9. The third kappa shape index (κ3) is 3.65. The zero-order valence-corrected chi connectivity index (χ0v) is 12.7. The van der Waals surface area contributed by atoms with Crippen molar-refractivity contribution in [1.82, 2.24) is 10.3 Å².